The lowest BCUT2D eigenvalue weighted by Crippen LogP contribution is -2.45. The highest BCUT2D eigenvalue weighted by Crippen LogP contribution is 2.27. The predicted molar refractivity (Wildman–Crippen MR) is 93.4 cm³/mol. The van der Waals surface area contributed by atoms with Crippen molar-refractivity contribution in [3.8, 4) is 0 Å². The van der Waals surface area contributed by atoms with Crippen LogP contribution in [0.1, 0.15) is 32.1 Å². The molecule has 0 bridgehead atoms. The Morgan fingerprint density at radius 3 is 2.33 bits per heavy atom. The van der Waals surface area contributed by atoms with Crippen LogP contribution in [-0.2, 0) is 14.8 Å². The Hall–Kier alpha value is -1.11. The van der Waals surface area contributed by atoms with Gasteiger partial charge in [0.25, 0.3) is 0 Å². The summed E-state index contributed by atoms with van der Waals surface area (Å²) in [6.07, 6.45) is 4.53. The number of hydrogen-bond donors (Lipinski definition) is 0. The molecule has 7 heteroatoms. The van der Waals surface area contributed by atoms with Crippen molar-refractivity contribution in [2.45, 2.75) is 37.0 Å². The van der Waals surface area contributed by atoms with Crippen molar-refractivity contribution < 1.29 is 13.2 Å². The van der Waals surface area contributed by atoms with Gasteiger partial charge in [0.1, 0.15) is 0 Å². The first kappa shape index (κ1) is 17.7. The van der Waals surface area contributed by atoms with Crippen LogP contribution in [0.25, 0.3) is 0 Å². The molecule has 0 spiro atoms. The number of piperidine rings is 2. The first-order valence-electron chi connectivity index (χ1n) is 8.53. The van der Waals surface area contributed by atoms with Gasteiger partial charge in [-0.3, -0.25) is 4.79 Å². The van der Waals surface area contributed by atoms with Gasteiger partial charge in [-0.2, -0.15) is 4.31 Å². The number of amides is 1. The molecule has 0 atom stereocenters. The van der Waals surface area contributed by atoms with Gasteiger partial charge in [-0.05, 0) is 50.3 Å². The van der Waals surface area contributed by atoms with Crippen molar-refractivity contribution in [1.82, 2.24) is 9.21 Å². The smallest absolute Gasteiger partial charge is 0.243 e. The van der Waals surface area contributed by atoms with Gasteiger partial charge in [0.15, 0.2) is 0 Å². The van der Waals surface area contributed by atoms with Crippen molar-refractivity contribution in [3.05, 3.63) is 29.3 Å². The summed E-state index contributed by atoms with van der Waals surface area (Å²) in [4.78, 5) is 14.7. The molecule has 1 amide bonds. The third-order valence-electron chi connectivity index (χ3n) is 4.90. The van der Waals surface area contributed by atoms with E-state index in [1.165, 1.54) is 16.8 Å². The van der Waals surface area contributed by atoms with E-state index in [1.54, 1.807) is 18.2 Å². The standard InChI is InChI=1S/C17H23ClN2O3S/c18-15-5-4-6-16(13-15)24(22,23)20-11-7-14(8-12-20)17(21)19-9-2-1-3-10-19/h4-6,13-14H,1-3,7-12H2. The fourth-order valence-electron chi connectivity index (χ4n) is 3.49. The summed E-state index contributed by atoms with van der Waals surface area (Å²) in [5, 5.41) is 0.409. The minimum Gasteiger partial charge on any atom is -0.342 e. The summed E-state index contributed by atoms with van der Waals surface area (Å²) < 4.78 is 26.9. The number of sulfonamides is 1. The monoisotopic (exact) mass is 370 g/mol. The van der Waals surface area contributed by atoms with E-state index in [1.807, 2.05) is 4.90 Å². The number of hydrogen-bond acceptors (Lipinski definition) is 3. The SMILES string of the molecule is O=C(C1CCN(S(=O)(=O)c2cccc(Cl)c2)CC1)N1CCCCC1. The summed E-state index contributed by atoms with van der Waals surface area (Å²) in [5.41, 5.74) is 0. The van der Waals surface area contributed by atoms with Gasteiger partial charge in [-0.25, -0.2) is 8.42 Å². The molecule has 0 N–H and O–H groups in total. The minimum atomic E-state index is -3.53. The van der Waals surface area contributed by atoms with Crippen LogP contribution in [0.5, 0.6) is 0 Å². The maximum atomic E-state index is 12.7. The Kier molecular flexibility index (Phi) is 5.47. The molecule has 2 fully saturated rings. The van der Waals surface area contributed by atoms with E-state index in [2.05, 4.69) is 0 Å². The molecule has 2 aliphatic heterocycles. The number of likely N-dealkylation sites (tertiary alicyclic amines) is 1. The zero-order chi connectivity index (χ0) is 17.2. The molecule has 2 heterocycles. The van der Waals surface area contributed by atoms with Crippen LogP contribution in [-0.4, -0.2) is 49.7 Å². The summed E-state index contributed by atoms with van der Waals surface area (Å²) >= 11 is 5.91. The molecule has 24 heavy (non-hydrogen) atoms. The molecule has 0 radical (unpaired) electrons. The van der Waals surface area contributed by atoms with Crippen molar-refractivity contribution in [3.63, 3.8) is 0 Å². The number of carbonyl (C=O) groups excluding carboxylic acids is 1. The maximum Gasteiger partial charge on any atom is 0.243 e. The lowest BCUT2D eigenvalue weighted by molar-refractivity contribution is -0.137. The van der Waals surface area contributed by atoms with E-state index >= 15 is 0 Å². The largest absolute Gasteiger partial charge is 0.342 e. The first-order valence-corrected chi connectivity index (χ1v) is 10.3. The highest BCUT2D eigenvalue weighted by atomic mass is 35.5. The van der Waals surface area contributed by atoms with Crippen LogP contribution in [0.3, 0.4) is 0 Å². The Morgan fingerprint density at radius 1 is 1.04 bits per heavy atom. The zero-order valence-electron chi connectivity index (χ0n) is 13.7. The zero-order valence-corrected chi connectivity index (χ0v) is 15.2. The van der Waals surface area contributed by atoms with E-state index in [0.29, 0.717) is 31.0 Å². The van der Waals surface area contributed by atoms with Crippen molar-refractivity contribution in [1.29, 1.82) is 0 Å². The third-order valence-corrected chi connectivity index (χ3v) is 7.03. The summed E-state index contributed by atoms with van der Waals surface area (Å²) in [6, 6.07) is 6.33. The molecule has 0 unspecified atom stereocenters. The van der Waals surface area contributed by atoms with Crippen molar-refractivity contribution in [2.24, 2.45) is 5.92 Å². The third kappa shape index (κ3) is 3.76. The van der Waals surface area contributed by atoms with Gasteiger partial charge in [-0.15, -0.1) is 0 Å². The summed E-state index contributed by atoms with van der Waals surface area (Å²) in [6.45, 7) is 2.47. The van der Waals surface area contributed by atoms with E-state index in [-0.39, 0.29) is 16.7 Å². The molecule has 2 aliphatic rings. The summed E-state index contributed by atoms with van der Waals surface area (Å²) in [5.74, 6) is 0.156. The van der Waals surface area contributed by atoms with Gasteiger partial charge in [0, 0.05) is 37.1 Å². The number of halogens is 1. The highest BCUT2D eigenvalue weighted by Gasteiger charge is 2.34. The predicted octanol–water partition coefficient (Wildman–Crippen LogP) is 2.75. The van der Waals surface area contributed by atoms with Gasteiger partial charge in [0.05, 0.1) is 4.90 Å². The Bertz CT molecular complexity index is 694. The normalized spacial score (nSPS) is 21.0. The van der Waals surface area contributed by atoms with Crippen molar-refractivity contribution >= 4 is 27.5 Å². The average Bonchev–Trinajstić information content (AvgIpc) is 2.62. The fraction of sp³-hybridized carbons (Fsp3) is 0.588. The molecule has 3 rings (SSSR count). The lowest BCUT2D eigenvalue weighted by atomic mass is 9.95. The van der Waals surface area contributed by atoms with Gasteiger partial charge in [0.2, 0.25) is 15.9 Å². The average molecular weight is 371 g/mol. The van der Waals surface area contributed by atoms with Gasteiger partial charge >= 0.3 is 0 Å². The molecule has 0 saturated carbocycles. The second kappa shape index (κ2) is 7.42. The van der Waals surface area contributed by atoms with Crippen molar-refractivity contribution in [2.75, 3.05) is 26.2 Å². The molecule has 1 aromatic carbocycles. The van der Waals surface area contributed by atoms with Crippen LogP contribution in [0.2, 0.25) is 5.02 Å². The first-order chi connectivity index (χ1) is 11.5. The van der Waals surface area contributed by atoms with E-state index < -0.39 is 10.0 Å². The molecule has 5 nitrogen and oxygen atoms in total. The van der Waals surface area contributed by atoms with Crippen LogP contribution < -0.4 is 0 Å². The lowest BCUT2D eigenvalue weighted by Gasteiger charge is -2.35. The summed E-state index contributed by atoms with van der Waals surface area (Å²) in [7, 11) is -3.53. The molecule has 0 aromatic heterocycles. The maximum absolute atomic E-state index is 12.7. The number of nitrogens with zero attached hydrogens (tertiary/aromatic N) is 2. The molecule has 1 aromatic rings. The Morgan fingerprint density at radius 2 is 1.71 bits per heavy atom. The second-order valence-corrected chi connectivity index (χ2v) is 8.90. The van der Waals surface area contributed by atoms with Crippen LogP contribution in [0.15, 0.2) is 29.2 Å². The second-order valence-electron chi connectivity index (χ2n) is 6.52. The minimum absolute atomic E-state index is 0.0473. The number of carbonyl (C=O) groups is 1. The topological polar surface area (TPSA) is 57.7 Å². The van der Waals surface area contributed by atoms with Crippen LogP contribution >= 0.6 is 11.6 Å². The highest BCUT2D eigenvalue weighted by molar-refractivity contribution is 7.89. The van der Waals surface area contributed by atoms with Gasteiger partial charge in [-0.1, -0.05) is 17.7 Å². The molecule has 0 aliphatic carbocycles. The van der Waals surface area contributed by atoms with Gasteiger partial charge < -0.3 is 4.90 Å². The molecule has 2 saturated heterocycles. The molecule has 132 valence electrons. The molecular weight excluding hydrogens is 348 g/mol. The number of rotatable bonds is 3. The van der Waals surface area contributed by atoms with Crippen LogP contribution in [0.4, 0.5) is 0 Å². The quantitative estimate of drug-likeness (QED) is 0.822. The Labute approximate surface area is 148 Å². The van der Waals surface area contributed by atoms with E-state index in [9.17, 15) is 13.2 Å². The fourth-order valence-corrected chi connectivity index (χ4v) is 5.26. The van der Waals surface area contributed by atoms with E-state index in [0.717, 1.165) is 25.9 Å². The number of benzene rings is 1. The van der Waals surface area contributed by atoms with E-state index in [4.69, 9.17) is 11.6 Å². The Balaban J connectivity index is 1.63. The molecular formula is C17H23ClN2O3S. The van der Waals surface area contributed by atoms with Crippen LogP contribution in [0, 0.1) is 5.92 Å².